The number of amides is 2. The van der Waals surface area contributed by atoms with Crippen LogP contribution >= 0.6 is 11.6 Å². The lowest BCUT2D eigenvalue weighted by molar-refractivity contribution is -0.139. The van der Waals surface area contributed by atoms with Crippen LogP contribution in [0.5, 0.6) is 5.75 Å². The van der Waals surface area contributed by atoms with Gasteiger partial charge in [-0.2, -0.15) is 0 Å². The van der Waals surface area contributed by atoms with Crippen molar-refractivity contribution in [3.8, 4) is 5.75 Å². The molecule has 1 aliphatic heterocycles. The molecule has 2 amide bonds. The summed E-state index contributed by atoms with van der Waals surface area (Å²) >= 11 is 6.06. The molecular weight excluding hydrogens is 400 g/mol. The highest BCUT2D eigenvalue weighted by Gasteiger charge is 2.23. The first kappa shape index (κ1) is 22.2. The van der Waals surface area contributed by atoms with E-state index in [1.165, 1.54) is 11.1 Å². The van der Waals surface area contributed by atoms with E-state index in [-0.39, 0.29) is 11.8 Å². The van der Waals surface area contributed by atoms with Gasteiger partial charge in [-0.05, 0) is 37.5 Å². The predicted octanol–water partition coefficient (Wildman–Crippen LogP) is 4.11. The fraction of sp³-hybridized carbons (Fsp3) is 0.417. The number of rotatable bonds is 8. The SMILES string of the molecule is Cc1ccc(CCC(=O)N2CCN(C(=O)CCCOc3ccccc3Cl)CC2)cc1. The summed E-state index contributed by atoms with van der Waals surface area (Å²) in [7, 11) is 0. The lowest BCUT2D eigenvalue weighted by Crippen LogP contribution is -2.50. The lowest BCUT2D eigenvalue weighted by Gasteiger charge is -2.35. The minimum atomic E-state index is 0.115. The first-order chi connectivity index (χ1) is 14.5. The fourth-order valence-corrected chi connectivity index (χ4v) is 3.69. The van der Waals surface area contributed by atoms with Crippen molar-refractivity contribution in [1.82, 2.24) is 9.80 Å². The summed E-state index contributed by atoms with van der Waals surface area (Å²) < 4.78 is 5.64. The molecule has 5 nitrogen and oxygen atoms in total. The second-order valence-electron chi connectivity index (χ2n) is 7.63. The van der Waals surface area contributed by atoms with Crippen LogP contribution in [0.3, 0.4) is 0 Å². The van der Waals surface area contributed by atoms with Crippen LogP contribution in [-0.4, -0.2) is 54.4 Å². The van der Waals surface area contributed by atoms with Gasteiger partial charge in [-0.25, -0.2) is 0 Å². The highest BCUT2D eigenvalue weighted by Crippen LogP contribution is 2.23. The van der Waals surface area contributed by atoms with Gasteiger partial charge in [-0.3, -0.25) is 9.59 Å². The number of nitrogens with zero attached hydrogens (tertiary/aromatic N) is 2. The van der Waals surface area contributed by atoms with Gasteiger partial charge in [0.2, 0.25) is 11.8 Å². The molecule has 3 rings (SSSR count). The van der Waals surface area contributed by atoms with Gasteiger partial charge in [-0.15, -0.1) is 0 Å². The summed E-state index contributed by atoms with van der Waals surface area (Å²) in [6.07, 6.45) is 2.34. The Bertz CT molecular complexity index is 846. The van der Waals surface area contributed by atoms with E-state index in [9.17, 15) is 9.59 Å². The number of ether oxygens (including phenoxy) is 1. The molecule has 0 atom stereocenters. The van der Waals surface area contributed by atoms with E-state index >= 15 is 0 Å². The maximum Gasteiger partial charge on any atom is 0.223 e. The van der Waals surface area contributed by atoms with Crippen molar-refractivity contribution in [3.63, 3.8) is 0 Å². The molecule has 1 aliphatic rings. The van der Waals surface area contributed by atoms with E-state index in [0.29, 0.717) is 62.8 Å². The zero-order valence-corrected chi connectivity index (χ0v) is 18.2. The molecule has 0 saturated carbocycles. The van der Waals surface area contributed by atoms with Crippen molar-refractivity contribution in [2.45, 2.75) is 32.6 Å². The van der Waals surface area contributed by atoms with E-state index in [2.05, 4.69) is 31.2 Å². The molecule has 0 spiro atoms. The van der Waals surface area contributed by atoms with Crippen molar-refractivity contribution in [2.24, 2.45) is 0 Å². The molecule has 6 heteroatoms. The number of para-hydroxylation sites is 1. The van der Waals surface area contributed by atoms with Crippen LogP contribution in [-0.2, 0) is 16.0 Å². The standard InChI is InChI=1S/C24H29ClN2O3/c1-19-8-10-20(11-9-19)12-13-24(29)27-16-14-26(15-17-27)23(28)7-4-18-30-22-6-3-2-5-21(22)25/h2-3,5-6,8-11H,4,7,12-18H2,1H3. The Hall–Kier alpha value is -2.53. The van der Waals surface area contributed by atoms with Crippen LogP contribution < -0.4 is 4.74 Å². The van der Waals surface area contributed by atoms with Gasteiger partial charge in [0, 0.05) is 39.0 Å². The zero-order chi connectivity index (χ0) is 21.3. The molecule has 0 aromatic heterocycles. The molecule has 0 aliphatic carbocycles. The number of piperazine rings is 1. The maximum absolute atomic E-state index is 12.5. The van der Waals surface area contributed by atoms with Gasteiger partial charge in [-0.1, -0.05) is 53.6 Å². The minimum Gasteiger partial charge on any atom is -0.492 e. The minimum absolute atomic E-state index is 0.115. The molecule has 1 saturated heterocycles. The number of carbonyl (C=O) groups is 2. The third-order valence-corrected chi connectivity index (χ3v) is 5.67. The van der Waals surface area contributed by atoms with Crippen LogP contribution in [0.15, 0.2) is 48.5 Å². The third-order valence-electron chi connectivity index (χ3n) is 5.36. The van der Waals surface area contributed by atoms with Gasteiger partial charge in [0.1, 0.15) is 5.75 Å². The molecule has 2 aromatic rings. The van der Waals surface area contributed by atoms with Crippen LogP contribution in [0.2, 0.25) is 5.02 Å². The van der Waals surface area contributed by atoms with Crippen molar-refractivity contribution in [2.75, 3.05) is 32.8 Å². The second-order valence-corrected chi connectivity index (χ2v) is 8.04. The number of hydrogen-bond donors (Lipinski definition) is 0. The predicted molar refractivity (Wildman–Crippen MR) is 119 cm³/mol. The smallest absolute Gasteiger partial charge is 0.223 e. The Morgan fingerprint density at radius 2 is 1.50 bits per heavy atom. The molecule has 2 aromatic carbocycles. The number of carbonyl (C=O) groups excluding carboxylic acids is 2. The lowest BCUT2D eigenvalue weighted by atomic mass is 10.1. The number of aryl methyl sites for hydroxylation is 2. The highest BCUT2D eigenvalue weighted by molar-refractivity contribution is 6.32. The Kier molecular flexibility index (Phi) is 8.14. The van der Waals surface area contributed by atoms with E-state index in [1.807, 2.05) is 28.0 Å². The van der Waals surface area contributed by atoms with E-state index in [1.54, 1.807) is 6.07 Å². The van der Waals surface area contributed by atoms with Crippen LogP contribution in [0.4, 0.5) is 0 Å². The number of halogens is 1. The highest BCUT2D eigenvalue weighted by atomic mass is 35.5. The van der Waals surface area contributed by atoms with E-state index in [0.717, 1.165) is 6.42 Å². The molecule has 160 valence electrons. The van der Waals surface area contributed by atoms with Crippen LogP contribution in [0.1, 0.15) is 30.4 Å². The summed E-state index contributed by atoms with van der Waals surface area (Å²) in [5, 5.41) is 0.576. The third kappa shape index (κ3) is 6.49. The molecule has 0 bridgehead atoms. The van der Waals surface area contributed by atoms with Crippen LogP contribution in [0.25, 0.3) is 0 Å². The monoisotopic (exact) mass is 428 g/mol. The Morgan fingerprint density at radius 3 is 2.13 bits per heavy atom. The Morgan fingerprint density at radius 1 is 0.900 bits per heavy atom. The Labute approximate surface area is 183 Å². The van der Waals surface area contributed by atoms with Gasteiger partial charge in [0.05, 0.1) is 11.6 Å². The molecule has 1 fully saturated rings. The zero-order valence-electron chi connectivity index (χ0n) is 17.5. The van der Waals surface area contributed by atoms with E-state index in [4.69, 9.17) is 16.3 Å². The van der Waals surface area contributed by atoms with Gasteiger partial charge in [0.25, 0.3) is 0 Å². The summed E-state index contributed by atoms with van der Waals surface area (Å²) in [5.41, 5.74) is 2.41. The maximum atomic E-state index is 12.5. The first-order valence-electron chi connectivity index (χ1n) is 10.5. The average Bonchev–Trinajstić information content (AvgIpc) is 2.77. The van der Waals surface area contributed by atoms with Crippen molar-refractivity contribution >= 4 is 23.4 Å². The summed E-state index contributed by atoms with van der Waals surface area (Å²) in [6, 6.07) is 15.6. The first-order valence-corrected chi connectivity index (χ1v) is 10.9. The molecule has 0 radical (unpaired) electrons. The Balaban J connectivity index is 1.33. The summed E-state index contributed by atoms with van der Waals surface area (Å²) in [5.74, 6) is 0.921. The topological polar surface area (TPSA) is 49.9 Å². The molecular formula is C24H29ClN2O3. The molecule has 1 heterocycles. The summed E-state index contributed by atoms with van der Waals surface area (Å²) in [6.45, 7) is 4.92. The quantitative estimate of drug-likeness (QED) is 0.594. The fourth-order valence-electron chi connectivity index (χ4n) is 3.49. The van der Waals surface area contributed by atoms with Gasteiger partial charge < -0.3 is 14.5 Å². The number of hydrogen-bond acceptors (Lipinski definition) is 3. The number of benzene rings is 2. The van der Waals surface area contributed by atoms with Crippen molar-refractivity contribution < 1.29 is 14.3 Å². The summed E-state index contributed by atoms with van der Waals surface area (Å²) in [4.78, 5) is 28.6. The molecule has 0 unspecified atom stereocenters. The van der Waals surface area contributed by atoms with Crippen molar-refractivity contribution in [1.29, 1.82) is 0 Å². The normalized spacial score (nSPS) is 13.9. The molecule has 0 N–H and O–H groups in total. The van der Waals surface area contributed by atoms with Gasteiger partial charge >= 0.3 is 0 Å². The molecule has 30 heavy (non-hydrogen) atoms. The second kappa shape index (κ2) is 11.0. The van der Waals surface area contributed by atoms with Crippen molar-refractivity contribution in [3.05, 3.63) is 64.7 Å². The van der Waals surface area contributed by atoms with Crippen LogP contribution in [0, 0.1) is 6.92 Å². The van der Waals surface area contributed by atoms with E-state index < -0.39 is 0 Å². The largest absolute Gasteiger partial charge is 0.492 e. The average molecular weight is 429 g/mol. The van der Waals surface area contributed by atoms with Gasteiger partial charge in [0.15, 0.2) is 0 Å².